The van der Waals surface area contributed by atoms with Crippen molar-refractivity contribution in [2.75, 3.05) is 46.8 Å². The van der Waals surface area contributed by atoms with Gasteiger partial charge in [0.1, 0.15) is 36.4 Å². The second-order valence-corrected chi connectivity index (χ2v) is 23.8. The number of pyridine rings is 1. The first kappa shape index (κ1) is 65.6. The van der Waals surface area contributed by atoms with Gasteiger partial charge in [-0.2, -0.15) is 0 Å². The van der Waals surface area contributed by atoms with Crippen LogP contribution in [0.25, 0.3) is 0 Å². The molecule has 1 aliphatic rings. The predicted octanol–water partition coefficient (Wildman–Crippen LogP) is 8.56. The highest BCUT2D eigenvalue weighted by atomic mass is 33.1. The largest absolute Gasteiger partial charge is 0.480 e. The fourth-order valence-corrected chi connectivity index (χ4v) is 12.4. The van der Waals surface area contributed by atoms with Crippen LogP contribution in [0.3, 0.4) is 0 Å². The molecule has 1 aromatic heterocycles. The number of likely N-dealkylation sites (tertiary alicyclic amines) is 1. The second-order valence-electron chi connectivity index (χ2n) is 21.3. The summed E-state index contributed by atoms with van der Waals surface area (Å²) >= 11 is 0. The third-order valence-electron chi connectivity index (χ3n) is 14.6. The number of rotatable bonds is 30. The lowest BCUT2D eigenvalue weighted by Gasteiger charge is -2.41. The van der Waals surface area contributed by atoms with E-state index in [1.165, 1.54) is 37.0 Å². The quantitative estimate of drug-likeness (QED) is 0.0458. The number of hydrogen-bond donors (Lipinski definition) is 4. The average Bonchev–Trinajstić information content (AvgIpc) is 3.93. The van der Waals surface area contributed by atoms with Crippen molar-refractivity contribution in [3.05, 3.63) is 90.1 Å². The first-order chi connectivity index (χ1) is 37.5. The summed E-state index contributed by atoms with van der Waals surface area (Å²) in [4.78, 5) is 104. The van der Waals surface area contributed by atoms with E-state index < -0.39 is 84.2 Å². The maximum absolute atomic E-state index is 14.7. The zero-order valence-corrected chi connectivity index (χ0v) is 49.8. The van der Waals surface area contributed by atoms with Gasteiger partial charge in [0.25, 0.3) is 0 Å². The van der Waals surface area contributed by atoms with Crippen molar-refractivity contribution in [1.82, 2.24) is 30.3 Å². The molecule has 2 heterocycles. The van der Waals surface area contributed by atoms with Crippen molar-refractivity contribution in [2.24, 2.45) is 29.6 Å². The summed E-state index contributed by atoms with van der Waals surface area (Å²) in [5.41, 5.74) is 1.88. The van der Waals surface area contributed by atoms with Crippen molar-refractivity contribution < 1.29 is 57.6 Å². The van der Waals surface area contributed by atoms with Crippen molar-refractivity contribution in [1.29, 1.82) is 0 Å². The molecule has 0 radical (unpaired) electrons. The smallest absolute Gasteiger partial charge is 0.411 e. The number of carboxylic acid groups (broad SMARTS) is 1. The number of carbonyl (C=O) groups is 7. The molecule has 10 atom stereocenters. The highest BCUT2D eigenvalue weighted by Gasteiger charge is 2.44. The Balaban J connectivity index is 1.37. The molecule has 436 valence electrons. The Morgan fingerprint density at radius 3 is 2.03 bits per heavy atom. The van der Waals surface area contributed by atoms with Crippen LogP contribution in [0.5, 0.6) is 0 Å². The molecule has 1 aliphatic heterocycles. The van der Waals surface area contributed by atoms with E-state index in [1.54, 1.807) is 103 Å². The van der Waals surface area contributed by atoms with Crippen LogP contribution in [-0.2, 0) is 55.9 Å². The van der Waals surface area contributed by atoms with Gasteiger partial charge in [0, 0.05) is 53.2 Å². The van der Waals surface area contributed by atoms with Gasteiger partial charge in [0.15, 0.2) is 0 Å². The molecular weight excluding hydrogens is 1050 g/mol. The van der Waals surface area contributed by atoms with E-state index in [4.69, 9.17) is 18.9 Å². The van der Waals surface area contributed by atoms with Crippen LogP contribution in [0.4, 0.5) is 15.3 Å². The first-order valence-corrected chi connectivity index (χ1v) is 29.4. The summed E-state index contributed by atoms with van der Waals surface area (Å²) in [5.74, 6) is -4.38. The number of carbonyl (C=O) groups excluding carboxylic acids is 6. The second kappa shape index (κ2) is 32.4. The summed E-state index contributed by atoms with van der Waals surface area (Å²) in [6.45, 7) is 17.5. The Morgan fingerprint density at radius 1 is 0.785 bits per heavy atom. The van der Waals surface area contributed by atoms with Crippen molar-refractivity contribution in [2.45, 2.75) is 154 Å². The van der Waals surface area contributed by atoms with Crippen LogP contribution >= 0.6 is 21.6 Å². The molecule has 1 fully saturated rings. The minimum absolute atomic E-state index is 0.0332. The molecule has 1 saturated heterocycles. The summed E-state index contributed by atoms with van der Waals surface area (Å²) in [5, 5.41) is 19.2. The molecule has 0 saturated carbocycles. The number of hydrogen-bond acceptors (Lipinski definition) is 14. The number of methoxy groups -OCH3 is 2. The number of anilines is 1. The lowest BCUT2D eigenvalue weighted by atomic mass is 9.89. The number of ether oxygens (including phenoxy) is 4. The number of likely N-dealkylation sites (N-methyl/N-ethyl adjacent to an activating group) is 2. The van der Waals surface area contributed by atoms with Crippen LogP contribution < -0.4 is 16.0 Å². The number of benzene rings is 2. The third-order valence-corrected chi connectivity index (χ3v) is 17.6. The zero-order chi connectivity index (χ0) is 58.5. The van der Waals surface area contributed by atoms with Gasteiger partial charge in [-0.3, -0.25) is 29.4 Å². The molecule has 21 heteroatoms. The van der Waals surface area contributed by atoms with Crippen LogP contribution in [-0.4, -0.2) is 156 Å². The average molecular weight is 1140 g/mol. The zero-order valence-electron chi connectivity index (χ0n) is 48.2. The van der Waals surface area contributed by atoms with E-state index in [0.29, 0.717) is 37.1 Å². The predicted molar refractivity (Wildman–Crippen MR) is 307 cm³/mol. The number of aromatic nitrogens is 1. The minimum Gasteiger partial charge on any atom is -0.480 e. The standard InChI is InChI=1S/C58H85N7O12S2/c1-14-38(8)51(45(74-12)32-48(66)65-30-20-23-44(65)52(75-13)39(9)53(67)61-43(56(70)71)31-40-21-16-15-17-22-40)63(10)55(69)49(36(4)5)62-54(68)50(37(6)7)64(11)58(73)77-33-41-25-27-42(28-26-41)60-57(72)76-34-46(35(2)3)78-79-47-24-18-19-29-59-47/h15-19,21-22,24-29,35-39,43-46,49-52H,14,20,23,30-34H2,1-13H3,(H,60,72)(H,61,67)(H,62,68)(H,70,71)/t38-,39+,43-,44?,45+,46-,49-,50-,51-,52+/m0/s1. The molecule has 19 nitrogen and oxygen atoms in total. The molecule has 0 spiro atoms. The molecule has 1 unspecified atom stereocenters. The summed E-state index contributed by atoms with van der Waals surface area (Å²) in [6, 6.07) is 17.2. The highest BCUT2D eigenvalue weighted by Crippen LogP contribution is 2.36. The molecule has 3 aromatic rings. The van der Waals surface area contributed by atoms with Gasteiger partial charge in [-0.25, -0.2) is 19.4 Å². The monoisotopic (exact) mass is 1140 g/mol. The summed E-state index contributed by atoms with van der Waals surface area (Å²) in [7, 11) is 9.22. The number of carboxylic acids is 1. The van der Waals surface area contributed by atoms with Crippen LogP contribution in [0.1, 0.15) is 99.1 Å². The normalized spacial score (nSPS) is 16.9. The van der Waals surface area contributed by atoms with Gasteiger partial charge in [0.2, 0.25) is 23.6 Å². The van der Waals surface area contributed by atoms with Gasteiger partial charge in [-0.1, -0.05) is 128 Å². The van der Waals surface area contributed by atoms with Crippen molar-refractivity contribution in [3.63, 3.8) is 0 Å². The van der Waals surface area contributed by atoms with Crippen LogP contribution in [0.15, 0.2) is 84.0 Å². The van der Waals surface area contributed by atoms with E-state index in [-0.39, 0.29) is 60.9 Å². The molecule has 2 aromatic carbocycles. The van der Waals surface area contributed by atoms with Gasteiger partial charge < -0.3 is 44.5 Å². The van der Waals surface area contributed by atoms with E-state index in [2.05, 4.69) is 34.8 Å². The molecule has 0 aliphatic carbocycles. The number of nitrogens with one attached hydrogen (secondary N) is 3. The summed E-state index contributed by atoms with van der Waals surface area (Å²) < 4.78 is 23.2. The Labute approximate surface area is 475 Å². The SMILES string of the molecule is CC[C@H](C)[C@@H]([C@@H](CC(=O)N1CCCC1[C@H](OC)[C@@H](C)C(=O)N[C@@H](Cc1ccccc1)C(=O)O)OC)N(C)C(=O)[C@@H](NC(=O)[C@H](C(C)C)N(C)C(=O)OCc1ccc(NC(=O)OC[C@H](SSc2ccccn2)C(C)C)cc1)C(C)C. The van der Waals surface area contributed by atoms with Gasteiger partial charge >= 0.3 is 18.2 Å². The van der Waals surface area contributed by atoms with Crippen LogP contribution in [0, 0.1) is 29.6 Å². The van der Waals surface area contributed by atoms with Gasteiger partial charge in [-0.15, -0.1) is 0 Å². The van der Waals surface area contributed by atoms with E-state index >= 15 is 0 Å². The minimum atomic E-state index is -1.17. The molecule has 79 heavy (non-hydrogen) atoms. The molecular formula is C58H85N7O12S2. The Bertz CT molecular complexity index is 2420. The molecule has 4 rings (SSSR count). The molecule has 0 bridgehead atoms. The molecule has 4 N–H and O–H groups in total. The Morgan fingerprint density at radius 2 is 1.46 bits per heavy atom. The van der Waals surface area contributed by atoms with E-state index in [9.17, 15) is 38.7 Å². The van der Waals surface area contributed by atoms with Gasteiger partial charge in [-0.05, 0) is 82.7 Å². The number of amides is 6. The summed E-state index contributed by atoms with van der Waals surface area (Å²) in [6.07, 6.45) is 0.696. The Hall–Kier alpha value is -5.90. The topological polar surface area (TPSA) is 235 Å². The van der Waals surface area contributed by atoms with E-state index in [0.717, 1.165) is 10.6 Å². The Kier molecular flexibility index (Phi) is 26.9. The maximum atomic E-state index is 14.7. The van der Waals surface area contributed by atoms with Crippen molar-refractivity contribution in [3.8, 4) is 0 Å². The highest BCUT2D eigenvalue weighted by molar-refractivity contribution is 8.76. The van der Waals surface area contributed by atoms with E-state index in [1.807, 2.05) is 52.0 Å². The number of nitrogens with zero attached hydrogens (tertiary/aromatic N) is 4. The third kappa shape index (κ3) is 19.4. The fraction of sp³-hybridized carbons (Fsp3) is 0.586. The number of aliphatic carboxylic acids is 1. The molecule has 6 amide bonds. The maximum Gasteiger partial charge on any atom is 0.411 e. The van der Waals surface area contributed by atoms with Crippen molar-refractivity contribution >= 4 is 69.1 Å². The lowest BCUT2D eigenvalue weighted by Crippen LogP contribution is -2.60. The van der Waals surface area contributed by atoms with Gasteiger partial charge in [0.05, 0.1) is 41.9 Å². The lowest BCUT2D eigenvalue weighted by molar-refractivity contribution is -0.148. The fourth-order valence-electron chi connectivity index (χ4n) is 9.75. The first-order valence-electron chi connectivity index (χ1n) is 27.2. The van der Waals surface area contributed by atoms with Crippen LogP contribution in [0.2, 0.25) is 0 Å².